The Morgan fingerprint density at radius 1 is 1.16 bits per heavy atom. The predicted molar refractivity (Wildman–Crippen MR) is 76.7 cm³/mol. The molecule has 0 aliphatic carbocycles. The maximum atomic E-state index is 12.8. The second kappa shape index (κ2) is 5.51. The average molecular weight is 268 g/mol. The molecule has 0 spiro atoms. The van der Waals surface area contributed by atoms with Crippen LogP contribution in [0.25, 0.3) is 0 Å². The molecule has 0 aromatic heterocycles. The Kier molecular flexibility index (Phi) is 4.64. The van der Waals surface area contributed by atoms with Crippen LogP contribution in [-0.4, -0.2) is 34.3 Å². The van der Waals surface area contributed by atoms with Gasteiger partial charge in [-0.2, -0.15) is 0 Å². The van der Waals surface area contributed by atoms with Gasteiger partial charge in [-0.15, -0.1) is 0 Å². The Hall–Kier alpha value is -1.06. The fourth-order valence-electron chi connectivity index (χ4n) is 2.40. The van der Waals surface area contributed by atoms with Crippen LogP contribution in [0.15, 0.2) is 0 Å². The van der Waals surface area contributed by atoms with Crippen molar-refractivity contribution < 1.29 is 9.59 Å². The highest BCUT2D eigenvalue weighted by Gasteiger charge is 2.52. The Bertz CT molecular complexity index is 369. The van der Waals surface area contributed by atoms with E-state index in [1.54, 1.807) is 0 Å². The van der Waals surface area contributed by atoms with Gasteiger partial charge in [0.05, 0.1) is 0 Å². The lowest BCUT2D eigenvalue weighted by Gasteiger charge is -2.50. The molecule has 110 valence electrons. The minimum atomic E-state index is -0.751. The molecule has 1 aliphatic heterocycles. The van der Waals surface area contributed by atoms with E-state index in [9.17, 15) is 9.59 Å². The van der Waals surface area contributed by atoms with Gasteiger partial charge in [-0.3, -0.25) is 9.59 Å². The SMILES string of the molecule is CCC(C)CN1C(=O)C(C)(CC)NC(=O)C1(C)CC. The molecule has 1 fully saturated rings. The average Bonchev–Trinajstić information content (AvgIpc) is 2.41. The van der Waals surface area contributed by atoms with E-state index in [0.717, 1.165) is 6.42 Å². The zero-order chi connectivity index (χ0) is 14.8. The highest BCUT2D eigenvalue weighted by molar-refractivity contribution is 6.01. The van der Waals surface area contributed by atoms with Crippen molar-refractivity contribution in [3.63, 3.8) is 0 Å². The predicted octanol–water partition coefficient (Wildman–Crippen LogP) is 2.33. The van der Waals surface area contributed by atoms with Gasteiger partial charge in [0.15, 0.2) is 0 Å². The first-order valence-electron chi connectivity index (χ1n) is 7.39. The summed E-state index contributed by atoms with van der Waals surface area (Å²) in [5.74, 6) is 0.434. The number of rotatable bonds is 5. The van der Waals surface area contributed by atoms with Gasteiger partial charge < -0.3 is 10.2 Å². The van der Waals surface area contributed by atoms with Crippen LogP contribution in [-0.2, 0) is 9.59 Å². The third-order valence-corrected chi connectivity index (χ3v) is 4.78. The van der Waals surface area contributed by atoms with E-state index >= 15 is 0 Å². The number of nitrogens with one attached hydrogen (secondary N) is 1. The van der Waals surface area contributed by atoms with Gasteiger partial charge in [-0.05, 0) is 32.6 Å². The number of hydrogen-bond donors (Lipinski definition) is 1. The van der Waals surface area contributed by atoms with Crippen LogP contribution in [0.4, 0.5) is 0 Å². The molecule has 3 unspecified atom stereocenters. The van der Waals surface area contributed by atoms with Crippen molar-refractivity contribution in [2.75, 3.05) is 6.54 Å². The zero-order valence-corrected chi connectivity index (χ0v) is 13.2. The van der Waals surface area contributed by atoms with Crippen molar-refractivity contribution in [1.82, 2.24) is 10.2 Å². The quantitative estimate of drug-likeness (QED) is 0.832. The molecule has 2 amide bonds. The van der Waals surface area contributed by atoms with Gasteiger partial charge in [0, 0.05) is 6.54 Å². The van der Waals surface area contributed by atoms with Gasteiger partial charge >= 0.3 is 0 Å². The van der Waals surface area contributed by atoms with E-state index in [1.807, 2.05) is 32.6 Å². The Balaban J connectivity index is 3.15. The lowest BCUT2D eigenvalue weighted by Crippen LogP contribution is -2.74. The topological polar surface area (TPSA) is 49.4 Å². The third kappa shape index (κ3) is 2.63. The smallest absolute Gasteiger partial charge is 0.248 e. The van der Waals surface area contributed by atoms with Gasteiger partial charge in [0.25, 0.3) is 0 Å². The molecule has 1 N–H and O–H groups in total. The standard InChI is InChI=1S/C15H28N2O2/c1-7-11(4)10-17-13(19)14(5,8-2)16-12(18)15(17,6)9-3/h11H,7-10H2,1-6H3,(H,16,18). The second-order valence-corrected chi connectivity index (χ2v) is 6.20. The summed E-state index contributed by atoms with van der Waals surface area (Å²) in [6.45, 7) is 12.5. The molecule has 0 bridgehead atoms. The van der Waals surface area contributed by atoms with Crippen LogP contribution in [0.2, 0.25) is 0 Å². The van der Waals surface area contributed by atoms with Crippen LogP contribution in [0, 0.1) is 5.92 Å². The van der Waals surface area contributed by atoms with Crippen molar-refractivity contribution in [2.45, 2.75) is 71.9 Å². The summed E-state index contributed by atoms with van der Waals surface area (Å²) in [5, 5.41) is 2.92. The fourth-order valence-corrected chi connectivity index (χ4v) is 2.40. The summed E-state index contributed by atoms with van der Waals surface area (Å²) in [7, 11) is 0. The fraction of sp³-hybridized carbons (Fsp3) is 0.867. The van der Waals surface area contributed by atoms with E-state index in [-0.39, 0.29) is 11.8 Å². The number of hydrogen-bond acceptors (Lipinski definition) is 2. The lowest BCUT2D eigenvalue weighted by molar-refractivity contribution is -0.162. The van der Waals surface area contributed by atoms with Crippen molar-refractivity contribution in [3.05, 3.63) is 0 Å². The molecule has 1 rings (SSSR count). The van der Waals surface area contributed by atoms with E-state index in [2.05, 4.69) is 19.2 Å². The molecule has 1 aliphatic rings. The van der Waals surface area contributed by atoms with Gasteiger partial charge in [0.2, 0.25) is 11.8 Å². The summed E-state index contributed by atoms with van der Waals surface area (Å²) >= 11 is 0. The van der Waals surface area contributed by atoms with Crippen molar-refractivity contribution in [2.24, 2.45) is 5.92 Å². The molecule has 1 saturated heterocycles. The van der Waals surface area contributed by atoms with E-state index < -0.39 is 11.1 Å². The molecular weight excluding hydrogens is 240 g/mol. The number of nitrogens with zero attached hydrogens (tertiary/aromatic N) is 1. The molecule has 1 heterocycles. The molecule has 0 aromatic rings. The van der Waals surface area contributed by atoms with Crippen LogP contribution >= 0.6 is 0 Å². The third-order valence-electron chi connectivity index (χ3n) is 4.78. The van der Waals surface area contributed by atoms with Crippen molar-refractivity contribution in [1.29, 1.82) is 0 Å². The maximum absolute atomic E-state index is 12.8. The number of piperazine rings is 1. The highest BCUT2D eigenvalue weighted by atomic mass is 16.2. The second-order valence-electron chi connectivity index (χ2n) is 6.20. The number of carbonyl (C=O) groups is 2. The van der Waals surface area contributed by atoms with E-state index in [0.29, 0.717) is 25.3 Å². The van der Waals surface area contributed by atoms with Gasteiger partial charge in [-0.1, -0.05) is 34.1 Å². The normalized spacial score (nSPS) is 33.3. The Morgan fingerprint density at radius 2 is 1.74 bits per heavy atom. The first-order chi connectivity index (χ1) is 8.75. The van der Waals surface area contributed by atoms with Crippen molar-refractivity contribution in [3.8, 4) is 0 Å². The molecule has 0 radical (unpaired) electrons. The van der Waals surface area contributed by atoms with Crippen LogP contribution < -0.4 is 5.32 Å². The van der Waals surface area contributed by atoms with E-state index in [1.165, 1.54) is 0 Å². The first kappa shape index (κ1) is 16.0. The van der Waals surface area contributed by atoms with E-state index in [4.69, 9.17) is 0 Å². The van der Waals surface area contributed by atoms with Gasteiger partial charge in [-0.25, -0.2) is 0 Å². The molecule has 0 saturated carbocycles. The molecule has 19 heavy (non-hydrogen) atoms. The summed E-state index contributed by atoms with van der Waals surface area (Å²) in [6, 6.07) is 0. The zero-order valence-electron chi connectivity index (χ0n) is 13.2. The van der Waals surface area contributed by atoms with Crippen molar-refractivity contribution >= 4 is 11.8 Å². The van der Waals surface area contributed by atoms with Gasteiger partial charge in [0.1, 0.15) is 11.1 Å². The lowest BCUT2D eigenvalue weighted by atomic mass is 9.83. The largest absolute Gasteiger partial charge is 0.340 e. The highest BCUT2D eigenvalue weighted by Crippen LogP contribution is 2.31. The minimum Gasteiger partial charge on any atom is -0.340 e. The molecule has 0 aromatic carbocycles. The molecule has 4 nitrogen and oxygen atoms in total. The van der Waals surface area contributed by atoms with Crippen LogP contribution in [0.5, 0.6) is 0 Å². The molecule has 4 heteroatoms. The monoisotopic (exact) mass is 268 g/mol. The number of amides is 2. The molecule has 3 atom stereocenters. The first-order valence-corrected chi connectivity index (χ1v) is 7.39. The Morgan fingerprint density at radius 3 is 2.16 bits per heavy atom. The summed E-state index contributed by atoms with van der Waals surface area (Å²) in [4.78, 5) is 27.0. The maximum Gasteiger partial charge on any atom is 0.248 e. The summed E-state index contributed by atoms with van der Waals surface area (Å²) in [6.07, 6.45) is 2.27. The summed E-state index contributed by atoms with van der Waals surface area (Å²) in [5.41, 5.74) is -1.46. The Labute approximate surface area is 116 Å². The van der Waals surface area contributed by atoms with Crippen LogP contribution in [0.1, 0.15) is 60.8 Å². The molecular formula is C15H28N2O2. The number of carbonyl (C=O) groups excluding carboxylic acids is 2. The van der Waals surface area contributed by atoms with Crippen LogP contribution in [0.3, 0.4) is 0 Å². The summed E-state index contributed by atoms with van der Waals surface area (Å²) < 4.78 is 0. The minimum absolute atomic E-state index is 0.0257.